The van der Waals surface area contributed by atoms with E-state index in [1.807, 2.05) is 6.92 Å². The number of aliphatic hydroxyl groups is 1. The predicted octanol–water partition coefficient (Wildman–Crippen LogP) is 0.466. The summed E-state index contributed by atoms with van der Waals surface area (Å²) in [7, 11) is 0. The first-order valence-corrected chi connectivity index (χ1v) is 6.39. The van der Waals surface area contributed by atoms with Crippen molar-refractivity contribution in [2.75, 3.05) is 18.8 Å². The first-order chi connectivity index (χ1) is 8.54. The fraction of sp³-hybridized carbons (Fsp3) is 0.667. The number of nitrogen functional groups attached to an aromatic ring is 1. The fourth-order valence-electron chi connectivity index (χ4n) is 2.39. The third kappa shape index (κ3) is 1.68. The van der Waals surface area contributed by atoms with E-state index in [0.717, 1.165) is 18.5 Å². The van der Waals surface area contributed by atoms with Crippen LogP contribution in [0.25, 0.3) is 0 Å². The maximum absolute atomic E-state index is 12.2. The maximum atomic E-state index is 12.2. The number of amides is 1. The largest absolute Gasteiger partial charge is 0.395 e. The van der Waals surface area contributed by atoms with Crippen LogP contribution in [0.1, 0.15) is 48.3 Å². The van der Waals surface area contributed by atoms with Gasteiger partial charge in [-0.1, -0.05) is 6.92 Å². The lowest BCUT2D eigenvalue weighted by atomic mass is 9.91. The summed E-state index contributed by atoms with van der Waals surface area (Å²) in [5, 5.41) is 16.8. The molecule has 2 heterocycles. The highest BCUT2D eigenvalue weighted by atomic mass is 16.3. The zero-order chi connectivity index (χ0) is 12.9. The molecule has 0 radical (unpaired) electrons. The van der Waals surface area contributed by atoms with Gasteiger partial charge < -0.3 is 15.7 Å². The highest BCUT2D eigenvalue weighted by Crippen LogP contribution is 2.42. The highest BCUT2D eigenvalue weighted by Gasteiger charge is 2.43. The number of carbonyl (C=O) groups is 1. The number of anilines is 1. The predicted molar refractivity (Wildman–Crippen MR) is 66.1 cm³/mol. The number of likely N-dealkylation sites (tertiary alicyclic amines) is 1. The number of aromatic amines is 1. The van der Waals surface area contributed by atoms with Crippen molar-refractivity contribution in [3.63, 3.8) is 0 Å². The molecule has 1 aromatic rings. The average Bonchev–Trinajstić information content (AvgIpc) is 3.08. The van der Waals surface area contributed by atoms with Gasteiger partial charge in [-0.05, 0) is 19.3 Å². The summed E-state index contributed by atoms with van der Waals surface area (Å²) < 4.78 is 0. The van der Waals surface area contributed by atoms with Gasteiger partial charge in [0.1, 0.15) is 0 Å². The zero-order valence-electron chi connectivity index (χ0n) is 10.4. The van der Waals surface area contributed by atoms with Crippen LogP contribution < -0.4 is 5.73 Å². The van der Waals surface area contributed by atoms with Gasteiger partial charge in [0.2, 0.25) is 0 Å². The van der Waals surface area contributed by atoms with Crippen molar-refractivity contribution >= 4 is 11.6 Å². The molecule has 2 fully saturated rings. The van der Waals surface area contributed by atoms with Crippen LogP contribution in [0.2, 0.25) is 0 Å². The Balaban J connectivity index is 1.74. The molecule has 1 aliphatic heterocycles. The molecule has 1 aromatic heterocycles. The van der Waals surface area contributed by atoms with Crippen LogP contribution >= 0.6 is 0 Å². The topological polar surface area (TPSA) is 95.2 Å². The van der Waals surface area contributed by atoms with E-state index in [1.165, 1.54) is 0 Å². The summed E-state index contributed by atoms with van der Waals surface area (Å²) in [5.74, 6) is 0.261. The first-order valence-electron chi connectivity index (χ1n) is 6.39. The molecular formula is C12H18N4O2. The van der Waals surface area contributed by atoms with Crippen LogP contribution in [0.4, 0.5) is 5.69 Å². The molecule has 1 amide bonds. The quantitative estimate of drug-likeness (QED) is 0.726. The Kier molecular flexibility index (Phi) is 2.38. The van der Waals surface area contributed by atoms with E-state index in [0.29, 0.717) is 36.8 Å². The molecule has 1 saturated carbocycles. The van der Waals surface area contributed by atoms with Gasteiger partial charge in [-0.3, -0.25) is 9.89 Å². The summed E-state index contributed by atoms with van der Waals surface area (Å²) in [6.07, 6.45) is 2.87. The van der Waals surface area contributed by atoms with Crippen LogP contribution in [0, 0.1) is 0 Å². The van der Waals surface area contributed by atoms with Gasteiger partial charge in [-0.25, -0.2) is 0 Å². The lowest BCUT2D eigenvalue weighted by Crippen LogP contribution is -2.63. The van der Waals surface area contributed by atoms with Crippen LogP contribution in [0.15, 0.2) is 0 Å². The number of hydrogen-bond acceptors (Lipinski definition) is 4. The van der Waals surface area contributed by atoms with E-state index in [9.17, 15) is 9.90 Å². The van der Waals surface area contributed by atoms with Gasteiger partial charge in [0.15, 0.2) is 5.69 Å². The zero-order valence-corrected chi connectivity index (χ0v) is 10.4. The van der Waals surface area contributed by atoms with Gasteiger partial charge in [-0.15, -0.1) is 0 Å². The molecule has 1 saturated heterocycles. The third-order valence-electron chi connectivity index (χ3n) is 3.94. The number of rotatable bonds is 3. The van der Waals surface area contributed by atoms with E-state index in [2.05, 4.69) is 10.2 Å². The number of nitrogens with zero attached hydrogens (tertiary/aromatic N) is 2. The molecular weight excluding hydrogens is 232 g/mol. The molecule has 0 spiro atoms. The van der Waals surface area contributed by atoms with Crippen LogP contribution in [0.3, 0.4) is 0 Å². The smallest absolute Gasteiger partial charge is 0.276 e. The Bertz CT molecular complexity index is 486. The number of H-pyrrole nitrogens is 1. The molecule has 0 atom stereocenters. The fourth-order valence-corrected chi connectivity index (χ4v) is 2.39. The van der Waals surface area contributed by atoms with Crippen molar-refractivity contribution < 1.29 is 9.90 Å². The molecule has 6 heteroatoms. The van der Waals surface area contributed by atoms with Crippen LogP contribution in [-0.4, -0.2) is 44.8 Å². The molecule has 2 aliphatic rings. The van der Waals surface area contributed by atoms with E-state index < -0.39 is 5.60 Å². The Hall–Kier alpha value is -1.56. The number of nitrogens with one attached hydrogen (secondary N) is 1. The first kappa shape index (κ1) is 11.5. The Morgan fingerprint density at radius 1 is 1.61 bits per heavy atom. The van der Waals surface area contributed by atoms with Gasteiger partial charge in [-0.2, -0.15) is 5.10 Å². The van der Waals surface area contributed by atoms with Crippen molar-refractivity contribution in [1.29, 1.82) is 0 Å². The minimum atomic E-state index is -0.722. The number of carbonyl (C=O) groups excluding carboxylic acids is 1. The Labute approximate surface area is 105 Å². The van der Waals surface area contributed by atoms with Crippen molar-refractivity contribution in [1.82, 2.24) is 15.1 Å². The summed E-state index contributed by atoms with van der Waals surface area (Å²) in [6.45, 7) is 2.65. The molecule has 6 nitrogen and oxygen atoms in total. The van der Waals surface area contributed by atoms with Gasteiger partial charge in [0.05, 0.1) is 30.1 Å². The molecule has 4 N–H and O–H groups in total. The summed E-state index contributed by atoms with van der Waals surface area (Å²) in [4.78, 5) is 13.8. The van der Waals surface area contributed by atoms with Gasteiger partial charge in [0.25, 0.3) is 5.91 Å². The minimum absolute atomic E-state index is 0.186. The SMILES string of the molecule is CCC1(O)CN(C(=O)c2n[nH]c(C3CC3)c2N)C1. The van der Waals surface area contributed by atoms with Crippen LogP contribution in [-0.2, 0) is 0 Å². The van der Waals surface area contributed by atoms with E-state index in [1.54, 1.807) is 4.90 Å². The summed E-state index contributed by atoms with van der Waals surface area (Å²) in [5.41, 5.74) is 6.91. The maximum Gasteiger partial charge on any atom is 0.276 e. The molecule has 0 unspecified atom stereocenters. The monoisotopic (exact) mass is 250 g/mol. The number of nitrogens with two attached hydrogens (primary N) is 1. The molecule has 98 valence electrons. The van der Waals surface area contributed by atoms with Crippen molar-refractivity contribution in [2.45, 2.75) is 37.7 Å². The van der Waals surface area contributed by atoms with E-state index in [4.69, 9.17) is 5.73 Å². The summed E-state index contributed by atoms with van der Waals surface area (Å²) >= 11 is 0. The molecule has 0 aromatic carbocycles. The van der Waals surface area contributed by atoms with Crippen molar-refractivity contribution in [2.24, 2.45) is 0 Å². The normalized spacial score (nSPS) is 21.8. The Morgan fingerprint density at radius 3 is 2.83 bits per heavy atom. The van der Waals surface area contributed by atoms with E-state index in [-0.39, 0.29) is 5.91 Å². The number of aromatic nitrogens is 2. The number of hydrogen-bond donors (Lipinski definition) is 3. The van der Waals surface area contributed by atoms with E-state index >= 15 is 0 Å². The molecule has 1 aliphatic carbocycles. The second-order valence-electron chi connectivity index (χ2n) is 5.41. The molecule has 0 bridgehead atoms. The third-order valence-corrected chi connectivity index (χ3v) is 3.94. The lowest BCUT2D eigenvalue weighted by molar-refractivity contribution is -0.0827. The second kappa shape index (κ2) is 3.71. The Morgan fingerprint density at radius 2 is 2.28 bits per heavy atom. The highest BCUT2D eigenvalue weighted by molar-refractivity contribution is 5.98. The standard InChI is InChI=1S/C12H18N4O2/c1-2-12(18)5-16(6-12)11(17)10-8(13)9(14-15-10)7-3-4-7/h7,18H,2-6,13H2,1H3,(H,14,15). The second-order valence-corrected chi connectivity index (χ2v) is 5.41. The van der Waals surface area contributed by atoms with Crippen molar-refractivity contribution in [3.8, 4) is 0 Å². The number of β-amino-alcohol motifs (C(OH)–C–C–N with tert-alkyl or cyclic N) is 1. The molecule has 18 heavy (non-hydrogen) atoms. The van der Waals surface area contributed by atoms with Gasteiger partial charge >= 0.3 is 0 Å². The average molecular weight is 250 g/mol. The summed E-state index contributed by atoms with van der Waals surface area (Å²) in [6, 6.07) is 0. The van der Waals surface area contributed by atoms with Gasteiger partial charge in [0, 0.05) is 5.92 Å². The van der Waals surface area contributed by atoms with Crippen LogP contribution in [0.5, 0.6) is 0 Å². The molecule has 3 rings (SSSR count). The van der Waals surface area contributed by atoms with Crippen molar-refractivity contribution in [3.05, 3.63) is 11.4 Å². The minimum Gasteiger partial charge on any atom is -0.395 e. The lowest BCUT2D eigenvalue weighted by Gasteiger charge is -2.45.